The van der Waals surface area contributed by atoms with Gasteiger partial charge in [0, 0.05) is 4.88 Å². The fourth-order valence-corrected chi connectivity index (χ4v) is 4.67. The summed E-state index contributed by atoms with van der Waals surface area (Å²) in [6.07, 6.45) is 8.91. The van der Waals surface area contributed by atoms with Crippen LogP contribution in [0.5, 0.6) is 0 Å². The molecule has 5 rings (SSSR count). The number of nitrogens with zero attached hydrogens (tertiary/aromatic N) is 3. The van der Waals surface area contributed by atoms with Crippen LogP contribution in [0, 0.1) is 0 Å². The van der Waals surface area contributed by atoms with Gasteiger partial charge in [0.1, 0.15) is 11.2 Å². The SMILES string of the molecule is O=C(/C(=N\Nc1ncnc2sc3c(c12)CCCC3)c1ccco1)c1ccco1. The van der Waals surface area contributed by atoms with E-state index in [0.717, 1.165) is 29.5 Å². The van der Waals surface area contributed by atoms with Gasteiger partial charge in [0.05, 0.1) is 17.9 Å². The first-order valence-electron chi connectivity index (χ1n) is 9.02. The zero-order valence-electron chi connectivity index (χ0n) is 14.8. The summed E-state index contributed by atoms with van der Waals surface area (Å²) < 4.78 is 10.6. The van der Waals surface area contributed by atoms with Crippen molar-refractivity contribution >= 4 is 38.9 Å². The van der Waals surface area contributed by atoms with Crippen molar-refractivity contribution in [3.05, 3.63) is 65.1 Å². The Morgan fingerprint density at radius 1 is 1.07 bits per heavy atom. The molecule has 7 nitrogen and oxygen atoms in total. The van der Waals surface area contributed by atoms with Crippen molar-refractivity contribution in [2.45, 2.75) is 25.7 Å². The van der Waals surface area contributed by atoms with E-state index >= 15 is 0 Å². The van der Waals surface area contributed by atoms with E-state index in [2.05, 4.69) is 20.5 Å². The Hall–Kier alpha value is -3.26. The van der Waals surface area contributed by atoms with Crippen LogP contribution in [0.25, 0.3) is 10.2 Å². The number of hydrogen-bond donors (Lipinski definition) is 1. The van der Waals surface area contributed by atoms with Crippen molar-refractivity contribution < 1.29 is 13.6 Å². The summed E-state index contributed by atoms with van der Waals surface area (Å²) in [5.41, 5.74) is 4.39. The molecule has 0 aromatic carbocycles. The lowest BCUT2D eigenvalue weighted by Gasteiger charge is -2.11. The Morgan fingerprint density at radius 2 is 1.86 bits per heavy atom. The van der Waals surface area contributed by atoms with E-state index in [0.29, 0.717) is 11.6 Å². The van der Waals surface area contributed by atoms with Crippen LogP contribution < -0.4 is 5.43 Å². The monoisotopic (exact) mass is 392 g/mol. The van der Waals surface area contributed by atoms with Gasteiger partial charge in [-0.2, -0.15) is 5.10 Å². The third-order valence-corrected chi connectivity index (χ3v) is 5.94. The van der Waals surface area contributed by atoms with E-state index in [4.69, 9.17) is 8.83 Å². The molecule has 0 saturated heterocycles. The second kappa shape index (κ2) is 7.05. The van der Waals surface area contributed by atoms with Gasteiger partial charge in [-0.25, -0.2) is 9.97 Å². The number of anilines is 1. The average molecular weight is 392 g/mol. The summed E-state index contributed by atoms with van der Waals surface area (Å²) in [5, 5.41) is 5.34. The minimum Gasteiger partial charge on any atom is -0.462 e. The lowest BCUT2D eigenvalue weighted by atomic mass is 9.97. The summed E-state index contributed by atoms with van der Waals surface area (Å²) in [7, 11) is 0. The first kappa shape index (κ1) is 16.9. The first-order valence-corrected chi connectivity index (χ1v) is 9.84. The molecule has 0 unspecified atom stereocenters. The van der Waals surface area contributed by atoms with Gasteiger partial charge in [-0.1, -0.05) is 0 Å². The number of carbonyl (C=O) groups is 1. The second-order valence-electron chi connectivity index (χ2n) is 6.47. The molecule has 1 aliphatic carbocycles. The summed E-state index contributed by atoms with van der Waals surface area (Å²) in [4.78, 5) is 23.9. The molecular weight excluding hydrogens is 376 g/mol. The molecular formula is C20H16N4O3S. The Labute approximate surface area is 164 Å². The standard InChI is InChI=1S/C20H16N4O3S/c25-18(14-7-4-10-27-14)17(13-6-3-9-26-13)23-24-19-16-12-5-1-2-8-15(12)28-20(16)22-11-21-19/h3-4,6-7,9-11H,1-2,5,8H2,(H,21,22,24)/b23-17-. The highest BCUT2D eigenvalue weighted by Gasteiger charge is 2.23. The average Bonchev–Trinajstić information content (AvgIpc) is 3.47. The smallest absolute Gasteiger partial charge is 0.252 e. The van der Waals surface area contributed by atoms with E-state index in [1.54, 1.807) is 35.6 Å². The molecule has 0 saturated carbocycles. The lowest BCUT2D eigenvalue weighted by molar-refractivity contribution is 0.104. The molecule has 0 atom stereocenters. The number of Topliss-reactive ketones (excluding diaryl/α,β-unsaturated/α-hetero) is 1. The number of hydrogen-bond acceptors (Lipinski definition) is 8. The number of aromatic nitrogens is 2. The van der Waals surface area contributed by atoms with Gasteiger partial charge in [-0.05, 0) is 55.5 Å². The maximum absolute atomic E-state index is 12.8. The molecule has 140 valence electrons. The number of hydrazone groups is 1. The van der Waals surface area contributed by atoms with Crippen LogP contribution in [-0.2, 0) is 12.8 Å². The number of thiophene rings is 1. The molecule has 0 spiro atoms. The van der Waals surface area contributed by atoms with Gasteiger partial charge in [-0.3, -0.25) is 10.2 Å². The number of furan rings is 2. The van der Waals surface area contributed by atoms with Gasteiger partial charge >= 0.3 is 0 Å². The Kier molecular flexibility index (Phi) is 4.25. The minimum absolute atomic E-state index is 0.121. The molecule has 1 N–H and O–H groups in total. The molecule has 8 heteroatoms. The fourth-order valence-electron chi connectivity index (χ4n) is 3.44. The summed E-state index contributed by atoms with van der Waals surface area (Å²) in [6.45, 7) is 0. The van der Waals surface area contributed by atoms with E-state index in [1.165, 1.54) is 35.7 Å². The van der Waals surface area contributed by atoms with Crippen LogP contribution in [0.1, 0.15) is 39.6 Å². The van der Waals surface area contributed by atoms with Gasteiger partial charge < -0.3 is 8.83 Å². The molecule has 0 amide bonds. The van der Waals surface area contributed by atoms with Gasteiger partial charge in [0.15, 0.2) is 23.1 Å². The third-order valence-electron chi connectivity index (χ3n) is 4.74. The summed E-state index contributed by atoms with van der Waals surface area (Å²) in [6, 6.07) is 6.65. The van der Waals surface area contributed by atoms with Crippen LogP contribution in [0.4, 0.5) is 5.82 Å². The number of carbonyl (C=O) groups excluding carboxylic acids is 1. The Balaban J connectivity index is 1.56. The Bertz CT molecular complexity index is 1160. The van der Waals surface area contributed by atoms with Crippen molar-refractivity contribution in [1.82, 2.24) is 9.97 Å². The second-order valence-corrected chi connectivity index (χ2v) is 7.55. The van der Waals surface area contributed by atoms with Gasteiger partial charge in [0.25, 0.3) is 5.78 Å². The Morgan fingerprint density at radius 3 is 2.64 bits per heavy atom. The van der Waals surface area contributed by atoms with Crippen molar-refractivity contribution in [1.29, 1.82) is 0 Å². The minimum atomic E-state index is -0.370. The number of aryl methyl sites for hydroxylation is 2. The van der Waals surface area contributed by atoms with E-state index in [1.807, 2.05) is 0 Å². The lowest BCUT2D eigenvalue weighted by Crippen LogP contribution is -2.16. The molecule has 4 aromatic heterocycles. The van der Waals surface area contributed by atoms with Crippen LogP contribution in [0.2, 0.25) is 0 Å². The molecule has 0 aliphatic heterocycles. The first-order chi connectivity index (χ1) is 13.8. The number of rotatable bonds is 5. The zero-order chi connectivity index (χ0) is 18.9. The highest BCUT2D eigenvalue weighted by molar-refractivity contribution is 7.19. The molecule has 0 radical (unpaired) electrons. The fraction of sp³-hybridized carbons (Fsp3) is 0.200. The molecule has 4 heterocycles. The maximum Gasteiger partial charge on any atom is 0.252 e. The maximum atomic E-state index is 12.8. The zero-order valence-corrected chi connectivity index (χ0v) is 15.7. The number of nitrogens with one attached hydrogen (secondary N) is 1. The van der Waals surface area contributed by atoms with Crippen LogP contribution in [-0.4, -0.2) is 21.5 Å². The summed E-state index contributed by atoms with van der Waals surface area (Å²) >= 11 is 1.71. The van der Waals surface area contributed by atoms with Gasteiger partial charge in [0.2, 0.25) is 0 Å². The normalized spacial score (nSPS) is 14.2. The largest absolute Gasteiger partial charge is 0.462 e. The predicted molar refractivity (Wildman–Crippen MR) is 106 cm³/mol. The third kappa shape index (κ3) is 2.91. The van der Waals surface area contributed by atoms with Crippen LogP contribution >= 0.6 is 11.3 Å². The van der Waals surface area contributed by atoms with Gasteiger partial charge in [-0.15, -0.1) is 11.3 Å². The predicted octanol–water partition coefficient (Wildman–Crippen LogP) is 4.46. The highest BCUT2D eigenvalue weighted by Crippen LogP contribution is 2.38. The quantitative estimate of drug-likeness (QED) is 0.306. The molecule has 4 aromatic rings. The van der Waals surface area contributed by atoms with Crippen LogP contribution in [0.15, 0.2) is 57.1 Å². The molecule has 0 bridgehead atoms. The van der Waals surface area contributed by atoms with E-state index in [9.17, 15) is 4.79 Å². The van der Waals surface area contributed by atoms with E-state index < -0.39 is 0 Å². The van der Waals surface area contributed by atoms with Crippen molar-refractivity contribution in [2.75, 3.05) is 5.43 Å². The molecule has 1 aliphatic rings. The van der Waals surface area contributed by atoms with Crippen LogP contribution in [0.3, 0.4) is 0 Å². The van der Waals surface area contributed by atoms with Crippen molar-refractivity contribution in [3.8, 4) is 0 Å². The van der Waals surface area contributed by atoms with Crippen molar-refractivity contribution in [2.24, 2.45) is 5.10 Å². The molecule has 0 fully saturated rings. The number of fused-ring (bicyclic) bond motifs is 3. The summed E-state index contributed by atoms with van der Waals surface area (Å²) in [5.74, 6) is 0.773. The topological polar surface area (TPSA) is 93.5 Å². The number of ketones is 1. The van der Waals surface area contributed by atoms with Crippen molar-refractivity contribution in [3.63, 3.8) is 0 Å². The highest BCUT2D eigenvalue weighted by atomic mass is 32.1. The molecule has 28 heavy (non-hydrogen) atoms. The van der Waals surface area contributed by atoms with E-state index in [-0.39, 0.29) is 17.3 Å².